The van der Waals surface area contributed by atoms with Gasteiger partial charge in [0.25, 0.3) is 0 Å². The molecule has 0 spiro atoms. The van der Waals surface area contributed by atoms with Crippen LogP contribution >= 0.6 is 11.6 Å². The molecule has 0 saturated carbocycles. The first-order valence-electron chi connectivity index (χ1n) is 5.84. The maximum atomic E-state index is 12.4. The zero-order valence-electron chi connectivity index (χ0n) is 11.0. The lowest BCUT2D eigenvalue weighted by atomic mass is 10.2. The smallest absolute Gasteiger partial charge is 0.337 e. The Morgan fingerprint density at radius 2 is 2.10 bits per heavy atom. The topological polar surface area (TPSA) is 87.8 Å². The minimum Gasteiger partial charge on any atom is -0.478 e. The zero-order chi connectivity index (χ0) is 15.6. The minimum absolute atomic E-state index is 0.0184. The van der Waals surface area contributed by atoms with Gasteiger partial charge in [0.2, 0.25) is 10.0 Å². The van der Waals surface area contributed by atoms with E-state index in [2.05, 4.69) is 0 Å². The number of furan rings is 1. The fourth-order valence-corrected chi connectivity index (χ4v) is 3.08. The van der Waals surface area contributed by atoms with E-state index in [1.807, 2.05) is 0 Å². The fraction of sp³-hybridized carbons (Fsp3) is 0.154. The molecular formula is C13H12ClNO5S. The normalized spacial score (nSPS) is 11.8. The van der Waals surface area contributed by atoms with Crippen LogP contribution in [0.1, 0.15) is 16.1 Å². The summed E-state index contributed by atoms with van der Waals surface area (Å²) < 4.78 is 31.0. The standard InChI is InChI=1S/C13H12ClNO5S/c1-15(8-9-3-2-6-20-9)21(18,19)10-4-5-12(14)11(7-10)13(16)17/h2-7H,8H2,1H3,(H,16,17). The third-order valence-electron chi connectivity index (χ3n) is 2.84. The van der Waals surface area contributed by atoms with Gasteiger partial charge in [-0.2, -0.15) is 4.31 Å². The molecule has 0 aliphatic carbocycles. The van der Waals surface area contributed by atoms with E-state index in [0.29, 0.717) is 5.76 Å². The Morgan fingerprint density at radius 3 is 2.67 bits per heavy atom. The lowest BCUT2D eigenvalue weighted by molar-refractivity contribution is 0.0697. The van der Waals surface area contributed by atoms with Crippen LogP contribution in [0.3, 0.4) is 0 Å². The first-order chi connectivity index (χ1) is 9.82. The van der Waals surface area contributed by atoms with Crippen LogP contribution in [0.5, 0.6) is 0 Å². The van der Waals surface area contributed by atoms with Gasteiger partial charge in [-0.05, 0) is 30.3 Å². The molecule has 0 amide bonds. The highest BCUT2D eigenvalue weighted by atomic mass is 35.5. The van der Waals surface area contributed by atoms with Gasteiger partial charge in [-0.3, -0.25) is 0 Å². The Hall–Kier alpha value is -1.83. The molecule has 2 rings (SSSR count). The molecule has 0 aliphatic heterocycles. The van der Waals surface area contributed by atoms with Gasteiger partial charge in [0.1, 0.15) is 5.76 Å². The van der Waals surface area contributed by atoms with Gasteiger partial charge in [-0.15, -0.1) is 0 Å². The first-order valence-corrected chi connectivity index (χ1v) is 7.65. The van der Waals surface area contributed by atoms with E-state index in [-0.39, 0.29) is 22.0 Å². The lowest BCUT2D eigenvalue weighted by Gasteiger charge is -2.16. The van der Waals surface area contributed by atoms with Gasteiger partial charge in [-0.25, -0.2) is 13.2 Å². The van der Waals surface area contributed by atoms with Crippen molar-refractivity contribution in [3.05, 3.63) is 52.9 Å². The zero-order valence-corrected chi connectivity index (χ0v) is 12.6. The van der Waals surface area contributed by atoms with Crippen molar-refractivity contribution >= 4 is 27.6 Å². The van der Waals surface area contributed by atoms with E-state index in [9.17, 15) is 13.2 Å². The summed E-state index contributed by atoms with van der Waals surface area (Å²) in [7, 11) is -2.45. The fourth-order valence-electron chi connectivity index (χ4n) is 1.72. The number of hydrogen-bond donors (Lipinski definition) is 1. The average molecular weight is 330 g/mol. The van der Waals surface area contributed by atoms with Gasteiger partial charge in [0.05, 0.1) is 28.3 Å². The van der Waals surface area contributed by atoms with Crippen LogP contribution in [0.4, 0.5) is 0 Å². The maximum Gasteiger partial charge on any atom is 0.337 e. The molecule has 8 heteroatoms. The van der Waals surface area contributed by atoms with Gasteiger partial charge in [-0.1, -0.05) is 11.6 Å². The Balaban J connectivity index is 2.35. The van der Waals surface area contributed by atoms with Gasteiger partial charge >= 0.3 is 5.97 Å². The van der Waals surface area contributed by atoms with Crippen molar-refractivity contribution in [3.63, 3.8) is 0 Å². The Kier molecular flexibility index (Phi) is 4.36. The molecule has 6 nitrogen and oxygen atoms in total. The highest BCUT2D eigenvalue weighted by Gasteiger charge is 2.23. The number of aromatic carboxylic acids is 1. The van der Waals surface area contributed by atoms with E-state index in [1.165, 1.54) is 25.4 Å². The van der Waals surface area contributed by atoms with Crippen LogP contribution in [0.25, 0.3) is 0 Å². The van der Waals surface area contributed by atoms with Crippen LogP contribution in [-0.2, 0) is 16.6 Å². The van der Waals surface area contributed by atoms with E-state index >= 15 is 0 Å². The molecule has 1 aromatic carbocycles. The van der Waals surface area contributed by atoms with Crippen LogP contribution in [0, 0.1) is 0 Å². The number of halogens is 1. The summed E-state index contributed by atoms with van der Waals surface area (Å²) >= 11 is 5.73. The molecule has 21 heavy (non-hydrogen) atoms. The van der Waals surface area contributed by atoms with Gasteiger partial charge in [0, 0.05) is 7.05 Å². The van der Waals surface area contributed by atoms with Crippen molar-refractivity contribution in [1.82, 2.24) is 4.31 Å². The first kappa shape index (κ1) is 15.6. The van der Waals surface area contributed by atoms with E-state index in [0.717, 1.165) is 10.4 Å². The molecule has 0 unspecified atom stereocenters. The summed E-state index contributed by atoms with van der Waals surface area (Å²) in [5, 5.41) is 8.98. The molecule has 0 aliphatic rings. The number of carbonyl (C=O) groups is 1. The monoisotopic (exact) mass is 329 g/mol. The summed E-state index contributed by atoms with van der Waals surface area (Å²) in [6.45, 7) is 0.0420. The second-order valence-corrected chi connectivity index (χ2v) is 6.74. The largest absolute Gasteiger partial charge is 0.478 e. The van der Waals surface area contributed by atoms with Crippen LogP contribution in [0.2, 0.25) is 5.02 Å². The molecule has 0 fully saturated rings. The van der Waals surface area contributed by atoms with Crippen LogP contribution in [0.15, 0.2) is 45.9 Å². The number of hydrogen-bond acceptors (Lipinski definition) is 4. The van der Waals surface area contributed by atoms with E-state index < -0.39 is 16.0 Å². The third-order valence-corrected chi connectivity index (χ3v) is 4.96. The van der Waals surface area contributed by atoms with E-state index in [4.69, 9.17) is 21.1 Å². The van der Waals surface area contributed by atoms with Gasteiger partial charge < -0.3 is 9.52 Å². The number of benzene rings is 1. The molecule has 1 aromatic heterocycles. The number of carboxylic acids is 1. The molecular weight excluding hydrogens is 318 g/mol. The summed E-state index contributed by atoms with van der Waals surface area (Å²) in [5.41, 5.74) is -0.260. The SMILES string of the molecule is CN(Cc1ccco1)S(=O)(=O)c1ccc(Cl)c(C(=O)O)c1. The number of nitrogens with zero attached hydrogens (tertiary/aromatic N) is 1. The van der Waals surface area contributed by atoms with Crippen molar-refractivity contribution in [1.29, 1.82) is 0 Å². The predicted octanol–water partition coefficient (Wildman–Crippen LogP) is 2.45. The summed E-state index contributed by atoms with van der Waals surface area (Å²) in [6.07, 6.45) is 1.45. The quantitative estimate of drug-likeness (QED) is 0.910. The lowest BCUT2D eigenvalue weighted by Crippen LogP contribution is -2.26. The van der Waals surface area contributed by atoms with Crippen LogP contribution in [-0.4, -0.2) is 30.8 Å². The molecule has 0 saturated heterocycles. The number of carboxylic acid groups (broad SMARTS) is 1. The summed E-state index contributed by atoms with van der Waals surface area (Å²) in [4.78, 5) is 10.9. The number of sulfonamides is 1. The Morgan fingerprint density at radius 1 is 1.38 bits per heavy atom. The summed E-state index contributed by atoms with van der Waals surface area (Å²) in [5.74, 6) is -0.806. The second kappa shape index (κ2) is 5.88. The highest BCUT2D eigenvalue weighted by molar-refractivity contribution is 7.89. The second-order valence-electron chi connectivity index (χ2n) is 4.29. The van der Waals surface area contributed by atoms with Gasteiger partial charge in [0.15, 0.2) is 0 Å². The van der Waals surface area contributed by atoms with Crippen LogP contribution < -0.4 is 0 Å². The van der Waals surface area contributed by atoms with Crippen molar-refractivity contribution in [3.8, 4) is 0 Å². The molecule has 1 heterocycles. The Labute approximate surface area is 126 Å². The van der Waals surface area contributed by atoms with E-state index in [1.54, 1.807) is 12.1 Å². The molecule has 0 atom stereocenters. The Bertz CT molecular complexity index is 755. The van der Waals surface area contributed by atoms with Crippen molar-refractivity contribution < 1.29 is 22.7 Å². The molecule has 2 aromatic rings. The predicted molar refractivity (Wildman–Crippen MR) is 75.8 cm³/mol. The number of rotatable bonds is 5. The highest BCUT2D eigenvalue weighted by Crippen LogP contribution is 2.23. The maximum absolute atomic E-state index is 12.4. The minimum atomic E-state index is -3.84. The van der Waals surface area contributed by atoms with Crippen molar-refractivity contribution in [2.75, 3.05) is 7.05 Å². The molecule has 1 N–H and O–H groups in total. The average Bonchev–Trinajstić information content (AvgIpc) is 2.91. The molecule has 0 radical (unpaired) electrons. The van der Waals surface area contributed by atoms with Crippen molar-refractivity contribution in [2.24, 2.45) is 0 Å². The molecule has 0 bridgehead atoms. The molecule has 112 valence electrons. The summed E-state index contributed by atoms with van der Waals surface area (Å²) in [6, 6.07) is 6.86. The van der Waals surface area contributed by atoms with Crippen molar-refractivity contribution in [2.45, 2.75) is 11.4 Å². The third kappa shape index (κ3) is 3.26.